The van der Waals surface area contributed by atoms with Gasteiger partial charge in [0.2, 0.25) is 15.9 Å². The first-order valence-corrected chi connectivity index (χ1v) is 12.7. The summed E-state index contributed by atoms with van der Waals surface area (Å²) in [6, 6.07) is 4.70. The standard InChI is InChI=1S/C22H31N3O5S/c1-15-21(26)24-19-13-18(10-11-20(19)30-15)31(28,29)25-12-6-7-16(14-25)22(27)23-17-8-4-2-3-5-9-17/h10-11,13,15-17H,2-9,12,14H2,1H3,(H,23,27)(H,24,26). The highest BCUT2D eigenvalue weighted by Crippen LogP contribution is 2.33. The van der Waals surface area contributed by atoms with E-state index in [9.17, 15) is 18.0 Å². The van der Waals surface area contributed by atoms with Crippen molar-refractivity contribution in [2.75, 3.05) is 18.4 Å². The lowest BCUT2D eigenvalue weighted by molar-refractivity contribution is -0.127. The number of sulfonamides is 1. The van der Waals surface area contributed by atoms with E-state index in [1.807, 2.05) is 0 Å². The molecule has 1 aliphatic carbocycles. The number of benzene rings is 1. The molecule has 1 saturated carbocycles. The van der Waals surface area contributed by atoms with Crippen LogP contribution in [0.5, 0.6) is 5.75 Å². The Labute approximate surface area is 183 Å². The van der Waals surface area contributed by atoms with Crippen molar-refractivity contribution in [2.24, 2.45) is 5.92 Å². The summed E-state index contributed by atoms with van der Waals surface area (Å²) in [5.41, 5.74) is 0.351. The summed E-state index contributed by atoms with van der Waals surface area (Å²) in [6.45, 7) is 2.20. The number of rotatable bonds is 4. The molecule has 4 rings (SSSR count). The van der Waals surface area contributed by atoms with E-state index in [0.29, 0.717) is 30.8 Å². The van der Waals surface area contributed by atoms with Gasteiger partial charge in [0.1, 0.15) is 5.75 Å². The maximum atomic E-state index is 13.3. The number of fused-ring (bicyclic) bond motifs is 1. The zero-order valence-electron chi connectivity index (χ0n) is 17.9. The summed E-state index contributed by atoms with van der Waals surface area (Å²) in [7, 11) is -3.79. The van der Waals surface area contributed by atoms with E-state index in [2.05, 4.69) is 10.6 Å². The molecule has 170 valence electrons. The van der Waals surface area contributed by atoms with Crippen molar-refractivity contribution in [2.45, 2.75) is 75.3 Å². The number of piperidine rings is 1. The summed E-state index contributed by atoms with van der Waals surface area (Å²) >= 11 is 0. The zero-order chi connectivity index (χ0) is 22.0. The molecule has 1 aromatic carbocycles. The van der Waals surface area contributed by atoms with Gasteiger partial charge in [-0.15, -0.1) is 0 Å². The lowest BCUT2D eigenvalue weighted by atomic mass is 9.97. The number of anilines is 1. The Kier molecular flexibility index (Phi) is 6.52. The fourth-order valence-electron chi connectivity index (χ4n) is 4.61. The van der Waals surface area contributed by atoms with E-state index in [0.717, 1.165) is 25.7 Å². The number of carbonyl (C=O) groups excluding carboxylic acids is 2. The van der Waals surface area contributed by atoms with Crippen LogP contribution in [0.1, 0.15) is 58.3 Å². The van der Waals surface area contributed by atoms with E-state index in [1.165, 1.54) is 29.3 Å². The highest BCUT2D eigenvalue weighted by molar-refractivity contribution is 7.89. The quantitative estimate of drug-likeness (QED) is 0.688. The molecule has 0 radical (unpaired) electrons. The second-order valence-electron chi connectivity index (χ2n) is 8.81. The van der Waals surface area contributed by atoms with Crippen molar-refractivity contribution in [1.82, 2.24) is 9.62 Å². The molecule has 2 heterocycles. The van der Waals surface area contributed by atoms with Crippen molar-refractivity contribution < 1.29 is 22.7 Å². The van der Waals surface area contributed by atoms with Gasteiger partial charge in [0.25, 0.3) is 5.91 Å². The summed E-state index contributed by atoms with van der Waals surface area (Å²) in [5, 5.41) is 5.86. The molecule has 3 aliphatic rings. The first-order valence-electron chi connectivity index (χ1n) is 11.3. The van der Waals surface area contributed by atoms with Crippen LogP contribution in [0.2, 0.25) is 0 Å². The fourth-order valence-corrected chi connectivity index (χ4v) is 6.17. The van der Waals surface area contributed by atoms with Crippen LogP contribution in [0.4, 0.5) is 5.69 Å². The van der Waals surface area contributed by atoms with Crippen LogP contribution >= 0.6 is 0 Å². The van der Waals surface area contributed by atoms with Crippen LogP contribution in [0, 0.1) is 5.92 Å². The topological polar surface area (TPSA) is 105 Å². The highest BCUT2D eigenvalue weighted by atomic mass is 32.2. The van der Waals surface area contributed by atoms with E-state index < -0.39 is 16.1 Å². The average Bonchev–Trinajstić information content (AvgIpc) is 3.03. The molecule has 0 bridgehead atoms. The molecule has 2 atom stereocenters. The highest BCUT2D eigenvalue weighted by Gasteiger charge is 2.35. The lowest BCUT2D eigenvalue weighted by Crippen LogP contribution is -2.47. The second-order valence-corrected chi connectivity index (χ2v) is 10.7. The molecule has 2 amide bonds. The minimum atomic E-state index is -3.79. The number of amides is 2. The molecule has 31 heavy (non-hydrogen) atoms. The molecule has 0 aromatic heterocycles. The van der Waals surface area contributed by atoms with Crippen LogP contribution in [0.3, 0.4) is 0 Å². The monoisotopic (exact) mass is 449 g/mol. The van der Waals surface area contributed by atoms with Gasteiger partial charge >= 0.3 is 0 Å². The predicted molar refractivity (Wildman–Crippen MR) is 116 cm³/mol. The van der Waals surface area contributed by atoms with Gasteiger partial charge < -0.3 is 15.4 Å². The van der Waals surface area contributed by atoms with E-state index >= 15 is 0 Å². The number of nitrogens with one attached hydrogen (secondary N) is 2. The lowest BCUT2D eigenvalue weighted by Gasteiger charge is -2.32. The van der Waals surface area contributed by atoms with Crippen LogP contribution in [0.25, 0.3) is 0 Å². The smallest absolute Gasteiger partial charge is 0.265 e. The minimum Gasteiger partial charge on any atom is -0.479 e. The SMILES string of the molecule is CC1Oc2ccc(S(=O)(=O)N3CCCC(C(=O)NC4CCCCCC4)C3)cc2NC1=O. The molecule has 1 saturated heterocycles. The maximum absolute atomic E-state index is 13.3. The van der Waals surface area contributed by atoms with Crippen molar-refractivity contribution in [3.63, 3.8) is 0 Å². The third-order valence-electron chi connectivity index (χ3n) is 6.48. The second kappa shape index (κ2) is 9.16. The molecule has 2 unspecified atom stereocenters. The van der Waals surface area contributed by atoms with Crippen molar-refractivity contribution in [1.29, 1.82) is 0 Å². The van der Waals surface area contributed by atoms with Crippen LogP contribution < -0.4 is 15.4 Å². The Hall–Kier alpha value is -2.13. The molecule has 1 aromatic rings. The van der Waals surface area contributed by atoms with Gasteiger partial charge in [-0.25, -0.2) is 8.42 Å². The summed E-state index contributed by atoms with van der Waals surface area (Å²) < 4.78 is 33.4. The van der Waals surface area contributed by atoms with Gasteiger partial charge in [0.15, 0.2) is 6.10 Å². The molecule has 8 nitrogen and oxygen atoms in total. The van der Waals surface area contributed by atoms with Crippen LogP contribution in [-0.2, 0) is 19.6 Å². The van der Waals surface area contributed by atoms with Crippen molar-refractivity contribution in [3.8, 4) is 5.75 Å². The summed E-state index contributed by atoms with van der Waals surface area (Å²) in [4.78, 5) is 24.8. The average molecular weight is 450 g/mol. The number of hydrogen-bond donors (Lipinski definition) is 2. The van der Waals surface area contributed by atoms with Gasteiger partial charge in [0.05, 0.1) is 16.5 Å². The largest absolute Gasteiger partial charge is 0.479 e. The molecule has 9 heteroatoms. The number of ether oxygens (including phenoxy) is 1. The van der Waals surface area contributed by atoms with E-state index in [1.54, 1.807) is 13.0 Å². The molecule has 2 N–H and O–H groups in total. The summed E-state index contributed by atoms with van der Waals surface area (Å²) in [6.07, 6.45) is 7.41. The Morgan fingerprint density at radius 1 is 1.13 bits per heavy atom. The Balaban J connectivity index is 1.45. The van der Waals surface area contributed by atoms with Crippen LogP contribution in [0.15, 0.2) is 23.1 Å². The summed E-state index contributed by atoms with van der Waals surface area (Å²) in [5.74, 6) is -0.235. The maximum Gasteiger partial charge on any atom is 0.265 e. The van der Waals surface area contributed by atoms with Gasteiger partial charge in [0, 0.05) is 19.1 Å². The minimum absolute atomic E-state index is 0.0353. The van der Waals surface area contributed by atoms with Gasteiger partial charge in [-0.3, -0.25) is 9.59 Å². The molecule has 0 spiro atoms. The van der Waals surface area contributed by atoms with E-state index in [4.69, 9.17) is 4.74 Å². The Morgan fingerprint density at radius 2 is 1.87 bits per heavy atom. The van der Waals surface area contributed by atoms with Crippen LogP contribution in [-0.4, -0.2) is 49.8 Å². The number of carbonyl (C=O) groups is 2. The number of nitrogens with zero attached hydrogens (tertiary/aromatic N) is 1. The van der Waals surface area contributed by atoms with Gasteiger partial charge in [-0.2, -0.15) is 4.31 Å². The Bertz CT molecular complexity index is 940. The first kappa shape index (κ1) is 22.1. The first-order chi connectivity index (χ1) is 14.8. The van der Waals surface area contributed by atoms with Crippen molar-refractivity contribution in [3.05, 3.63) is 18.2 Å². The molecular formula is C22H31N3O5S. The molecular weight excluding hydrogens is 418 g/mol. The number of hydrogen-bond acceptors (Lipinski definition) is 5. The predicted octanol–water partition coefficient (Wildman–Crippen LogP) is 2.65. The third-order valence-corrected chi connectivity index (χ3v) is 8.34. The zero-order valence-corrected chi connectivity index (χ0v) is 18.7. The van der Waals surface area contributed by atoms with Crippen molar-refractivity contribution >= 4 is 27.5 Å². The normalized spacial score (nSPS) is 25.6. The van der Waals surface area contributed by atoms with Gasteiger partial charge in [-0.05, 0) is 50.8 Å². The Morgan fingerprint density at radius 3 is 2.61 bits per heavy atom. The molecule has 2 aliphatic heterocycles. The fraction of sp³-hybridized carbons (Fsp3) is 0.636. The third kappa shape index (κ3) is 4.87. The van der Waals surface area contributed by atoms with E-state index in [-0.39, 0.29) is 35.2 Å². The molecule has 2 fully saturated rings. The van der Waals surface area contributed by atoms with Gasteiger partial charge in [-0.1, -0.05) is 25.7 Å².